The van der Waals surface area contributed by atoms with Gasteiger partial charge in [-0.25, -0.2) is 9.97 Å². The second-order valence-electron chi connectivity index (χ2n) is 14.6. The van der Waals surface area contributed by atoms with Crippen LogP contribution in [-0.2, 0) is 0 Å². The van der Waals surface area contributed by atoms with Gasteiger partial charge in [0.1, 0.15) is 16.8 Å². The molecule has 8 aromatic carbocycles. The minimum Gasteiger partial charge on any atom is -0.452 e. The Morgan fingerprint density at radius 2 is 0.877 bits per heavy atom. The third kappa shape index (κ3) is 4.89. The van der Waals surface area contributed by atoms with Crippen LogP contribution in [-0.4, -0.2) is 19.1 Å². The van der Waals surface area contributed by atoms with Crippen molar-refractivity contribution >= 4 is 65.7 Å². The van der Waals surface area contributed by atoms with Gasteiger partial charge in [-0.3, -0.25) is 0 Å². The van der Waals surface area contributed by atoms with Crippen molar-refractivity contribution in [2.45, 2.75) is 0 Å². The van der Waals surface area contributed by atoms with Gasteiger partial charge < -0.3 is 13.6 Å². The summed E-state index contributed by atoms with van der Waals surface area (Å²) in [6, 6.07) is 68.6. The van der Waals surface area contributed by atoms with Crippen LogP contribution in [0.25, 0.3) is 111 Å². The minimum atomic E-state index is 0.654. The number of fused-ring (bicyclic) bond motifs is 9. The van der Waals surface area contributed by atoms with Gasteiger partial charge in [-0.1, -0.05) is 121 Å². The first-order valence-electron chi connectivity index (χ1n) is 19.2. The Morgan fingerprint density at radius 1 is 0.351 bits per heavy atom. The van der Waals surface area contributed by atoms with Crippen molar-refractivity contribution in [3.05, 3.63) is 194 Å². The number of para-hydroxylation sites is 4. The SMILES string of the molecule is c1ccc(-c2nc(-c3cccc(-n4c5ccccc5c5cc(-c6ccc7c(c6)c6ccccc6n7-c6ccccc6)ccc54)c3)nc3c2oc2ccccc23)cc1. The first-order chi connectivity index (χ1) is 28.3. The number of hydrogen-bond acceptors (Lipinski definition) is 3. The summed E-state index contributed by atoms with van der Waals surface area (Å²) in [6.07, 6.45) is 0. The predicted octanol–water partition coefficient (Wildman–Crippen LogP) is 13.6. The van der Waals surface area contributed by atoms with Gasteiger partial charge in [0.05, 0.1) is 22.1 Å². The van der Waals surface area contributed by atoms with Crippen molar-refractivity contribution in [2.75, 3.05) is 0 Å². The van der Waals surface area contributed by atoms with Crippen LogP contribution < -0.4 is 0 Å². The highest BCUT2D eigenvalue weighted by molar-refractivity contribution is 6.13. The predicted molar refractivity (Wildman–Crippen MR) is 234 cm³/mol. The molecule has 4 heterocycles. The molecule has 0 aliphatic rings. The molecule has 12 aromatic rings. The summed E-state index contributed by atoms with van der Waals surface area (Å²) in [7, 11) is 0. The maximum atomic E-state index is 6.38. The van der Waals surface area contributed by atoms with E-state index in [2.05, 4.69) is 167 Å². The largest absolute Gasteiger partial charge is 0.452 e. The highest BCUT2D eigenvalue weighted by Gasteiger charge is 2.20. The molecule has 0 saturated heterocycles. The van der Waals surface area contributed by atoms with E-state index in [0.717, 1.165) is 55.7 Å². The van der Waals surface area contributed by atoms with Crippen molar-refractivity contribution in [1.82, 2.24) is 19.1 Å². The molecule has 0 N–H and O–H groups in total. The molecule has 12 rings (SSSR count). The molecule has 0 atom stereocenters. The summed E-state index contributed by atoms with van der Waals surface area (Å²) >= 11 is 0. The van der Waals surface area contributed by atoms with Crippen molar-refractivity contribution in [1.29, 1.82) is 0 Å². The molecule has 0 unspecified atom stereocenters. The summed E-state index contributed by atoms with van der Waals surface area (Å²) in [5.41, 5.74) is 14.3. The van der Waals surface area contributed by atoms with Crippen LogP contribution >= 0.6 is 0 Å². The van der Waals surface area contributed by atoms with Gasteiger partial charge in [-0.15, -0.1) is 0 Å². The maximum absolute atomic E-state index is 6.38. The second-order valence-corrected chi connectivity index (χ2v) is 14.6. The van der Waals surface area contributed by atoms with Gasteiger partial charge in [0.2, 0.25) is 0 Å². The molecule has 0 radical (unpaired) electrons. The third-order valence-corrected chi connectivity index (χ3v) is 11.3. The molecular formula is C52H32N4O. The first kappa shape index (κ1) is 31.6. The highest BCUT2D eigenvalue weighted by Crippen LogP contribution is 2.40. The van der Waals surface area contributed by atoms with Crippen LogP contribution in [0.2, 0.25) is 0 Å². The molecule has 266 valence electrons. The molecule has 57 heavy (non-hydrogen) atoms. The van der Waals surface area contributed by atoms with E-state index in [4.69, 9.17) is 14.4 Å². The molecular weight excluding hydrogens is 697 g/mol. The number of aromatic nitrogens is 4. The number of furan rings is 1. The van der Waals surface area contributed by atoms with Crippen LogP contribution in [0.15, 0.2) is 199 Å². The van der Waals surface area contributed by atoms with E-state index in [-0.39, 0.29) is 0 Å². The maximum Gasteiger partial charge on any atom is 0.180 e. The summed E-state index contributed by atoms with van der Waals surface area (Å²) < 4.78 is 11.1. The van der Waals surface area contributed by atoms with Gasteiger partial charge in [0.25, 0.3) is 0 Å². The number of rotatable bonds is 5. The lowest BCUT2D eigenvalue weighted by Gasteiger charge is -2.11. The topological polar surface area (TPSA) is 48.8 Å². The molecule has 0 amide bonds. The van der Waals surface area contributed by atoms with Crippen molar-refractivity contribution < 1.29 is 4.42 Å². The second kappa shape index (κ2) is 12.4. The van der Waals surface area contributed by atoms with Gasteiger partial charge in [0, 0.05) is 49.4 Å². The van der Waals surface area contributed by atoms with E-state index in [0.29, 0.717) is 11.4 Å². The van der Waals surface area contributed by atoms with Crippen molar-refractivity contribution in [3.63, 3.8) is 0 Å². The zero-order valence-corrected chi connectivity index (χ0v) is 30.7. The minimum absolute atomic E-state index is 0.654. The average Bonchev–Trinajstić information content (AvgIpc) is 3.94. The Balaban J connectivity index is 1.01. The van der Waals surface area contributed by atoms with Crippen LogP contribution in [0.4, 0.5) is 0 Å². The summed E-state index contributed by atoms with van der Waals surface area (Å²) in [6.45, 7) is 0. The van der Waals surface area contributed by atoms with Crippen LogP contribution in [0.5, 0.6) is 0 Å². The van der Waals surface area contributed by atoms with E-state index in [1.165, 1.54) is 43.7 Å². The summed E-state index contributed by atoms with van der Waals surface area (Å²) in [4.78, 5) is 10.3. The average molecular weight is 729 g/mol. The van der Waals surface area contributed by atoms with Crippen LogP contribution in [0.3, 0.4) is 0 Å². The van der Waals surface area contributed by atoms with E-state index < -0.39 is 0 Å². The fourth-order valence-corrected chi connectivity index (χ4v) is 8.73. The Hall–Kier alpha value is -7.76. The molecule has 0 aliphatic heterocycles. The first-order valence-corrected chi connectivity index (χ1v) is 19.2. The Bertz CT molecular complexity index is 3520. The van der Waals surface area contributed by atoms with Gasteiger partial charge >= 0.3 is 0 Å². The highest BCUT2D eigenvalue weighted by atomic mass is 16.3. The van der Waals surface area contributed by atoms with Gasteiger partial charge in [-0.05, 0) is 83.9 Å². The van der Waals surface area contributed by atoms with E-state index in [9.17, 15) is 0 Å². The van der Waals surface area contributed by atoms with E-state index >= 15 is 0 Å². The number of hydrogen-bond donors (Lipinski definition) is 0. The van der Waals surface area contributed by atoms with Crippen molar-refractivity contribution in [3.8, 4) is 45.1 Å². The quantitative estimate of drug-likeness (QED) is 0.177. The monoisotopic (exact) mass is 728 g/mol. The molecule has 0 saturated carbocycles. The zero-order valence-electron chi connectivity index (χ0n) is 30.7. The molecule has 4 aromatic heterocycles. The summed E-state index contributed by atoms with van der Waals surface area (Å²) in [5.74, 6) is 0.654. The molecule has 0 aliphatic carbocycles. The lowest BCUT2D eigenvalue weighted by molar-refractivity contribution is 0.667. The fourth-order valence-electron chi connectivity index (χ4n) is 8.73. The Labute approximate surface area is 327 Å². The lowest BCUT2D eigenvalue weighted by Crippen LogP contribution is -1.97. The molecule has 0 fully saturated rings. The summed E-state index contributed by atoms with van der Waals surface area (Å²) in [5, 5.41) is 5.87. The molecule has 5 nitrogen and oxygen atoms in total. The lowest BCUT2D eigenvalue weighted by atomic mass is 10.0. The number of benzene rings is 8. The Kier molecular flexibility index (Phi) is 6.86. The van der Waals surface area contributed by atoms with E-state index in [1.54, 1.807) is 0 Å². The van der Waals surface area contributed by atoms with Gasteiger partial charge in [-0.2, -0.15) is 0 Å². The normalized spacial score (nSPS) is 11.9. The van der Waals surface area contributed by atoms with Crippen molar-refractivity contribution in [2.24, 2.45) is 0 Å². The van der Waals surface area contributed by atoms with Gasteiger partial charge in [0.15, 0.2) is 11.4 Å². The molecule has 0 spiro atoms. The molecule has 5 heteroatoms. The third-order valence-electron chi connectivity index (χ3n) is 11.3. The zero-order chi connectivity index (χ0) is 37.5. The number of nitrogens with zero attached hydrogens (tertiary/aromatic N) is 4. The molecule has 0 bridgehead atoms. The van der Waals surface area contributed by atoms with E-state index in [1.807, 2.05) is 36.4 Å². The standard InChI is InChI=1S/C52H32N4O/c1-3-14-33(15-4-1)49-51-50(41-22-9-12-25-48(41)57-51)54-52(53-49)36-16-13-19-38(30-36)56-45-24-11-8-21-40(45)43-32-35(27-29-47(43)56)34-26-28-46-42(31-34)39-20-7-10-23-44(39)55(46)37-17-5-2-6-18-37/h1-32H. The van der Waals surface area contributed by atoms with Crippen LogP contribution in [0.1, 0.15) is 0 Å². The fraction of sp³-hybridized carbons (Fsp3) is 0. The van der Waals surface area contributed by atoms with Crippen LogP contribution in [0, 0.1) is 0 Å². The smallest absolute Gasteiger partial charge is 0.180 e. The Morgan fingerprint density at radius 3 is 1.56 bits per heavy atom.